The van der Waals surface area contributed by atoms with Crippen LogP contribution in [0.4, 0.5) is 10.7 Å². The van der Waals surface area contributed by atoms with Crippen molar-refractivity contribution in [2.75, 3.05) is 5.32 Å². The molecular formula is C18H15N5O6. The minimum atomic E-state index is -1.89. The summed E-state index contributed by atoms with van der Waals surface area (Å²) >= 11 is 0. The predicted octanol–water partition coefficient (Wildman–Crippen LogP) is 1.50. The van der Waals surface area contributed by atoms with Gasteiger partial charge >= 0.3 is 6.09 Å². The van der Waals surface area contributed by atoms with Crippen molar-refractivity contribution in [1.29, 1.82) is 0 Å². The second-order valence-corrected chi connectivity index (χ2v) is 6.75. The lowest BCUT2D eigenvalue weighted by Crippen LogP contribution is -2.53. The minimum absolute atomic E-state index is 0.0423. The van der Waals surface area contributed by atoms with E-state index >= 15 is 0 Å². The van der Waals surface area contributed by atoms with Crippen LogP contribution in [-0.4, -0.2) is 55.2 Å². The molecule has 3 aromatic rings. The average Bonchev–Trinajstić information content (AvgIpc) is 3.36. The molecule has 1 aromatic carbocycles. The van der Waals surface area contributed by atoms with Crippen molar-refractivity contribution < 1.29 is 28.3 Å². The van der Waals surface area contributed by atoms with Gasteiger partial charge in [0.15, 0.2) is 11.6 Å². The van der Waals surface area contributed by atoms with E-state index in [1.165, 1.54) is 20.0 Å². The number of aromatic amines is 1. The maximum Gasteiger partial charge on any atom is 0.418 e. The van der Waals surface area contributed by atoms with Gasteiger partial charge in [0.25, 0.3) is 17.7 Å². The highest BCUT2D eigenvalue weighted by Crippen LogP contribution is 2.27. The van der Waals surface area contributed by atoms with Gasteiger partial charge in [-0.05, 0) is 26.0 Å². The van der Waals surface area contributed by atoms with E-state index in [1.807, 2.05) is 0 Å². The molecule has 2 aromatic heterocycles. The summed E-state index contributed by atoms with van der Waals surface area (Å²) in [5.74, 6) is -3.19. The van der Waals surface area contributed by atoms with Gasteiger partial charge in [-0.1, -0.05) is 12.1 Å². The molecule has 1 aliphatic heterocycles. The van der Waals surface area contributed by atoms with Crippen LogP contribution in [0.2, 0.25) is 0 Å². The Morgan fingerprint density at radius 3 is 2.62 bits per heavy atom. The summed E-state index contributed by atoms with van der Waals surface area (Å²) in [5, 5.41) is 2.42. The lowest BCUT2D eigenvalue weighted by atomic mass is 10.1. The number of nitrogens with zero attached hydrogens (tertiary/aromatic N) is 3. The maximum atomic E-state index is 13.0. The molecule has 0 bridgehead atoms. The summed E-state index contributed by atoms with van der Waals surface area (Å²) in [6.07, 6.45) is 1.22. The Bertz CT molecular complexity index is 1100. The van der Waals surface area contributed by atoms with Crippen molar-refractivity contribution in [3.8, 4) is 0 Å². The summed E-state index contributed by atoms with van der Waals surface area (Å²) < 4.78 is 9.95. The zero-order valence-corrected chi connectivity index (χ0v) is 15.3. The van der Waals surface area contributed by atoms with Crippen molar-refractivity contribution in [1.82, 2.24) is 19.9 Å². The van der Waals surface area contributed by atoms with E-state index in [-0.39, 0.29) is 5.95 Å². The Hall–Kier alpha value is -4.02. The lowest BCUT2D eigenvalue weighted by Gasteiger charge is -2.21. The molecule has 29 heavy (non-hydrogen) atoms. The van der Waals surface area contributed by atoms with E-state index in [2.05, 4.69) is 20.3 Å². The molecule has 4 rings (SSSR count). The number of fused-ring (bicyclic) bond motifs is 1. The largest absolute Gasteiger partial charge is 0.442 e. The molecule has 1 atom stereocenters. The second-order valence-electron chi connectivity index (χ2n) is 6.75. The van der Waals surface area contributed by atoms with Crippen LogP contribution < -0.4 is 5.32 Å². The minimum Gasteiger partial charge on any atom is -0.442 e. The smallest absolute Gasteiger partial charge is 0.418 e. The molecule has 148 valence electrons. The fourth-order valence-electron chi connectivity index (χ4n) is 2.92. The Morgan fingerprint density at radius 1 is 1.24 bits per heavy atom. The zero-order chi connectivity index (χ0) is 20.8. The molecule has 1 saturated heterocycles. The number of aromatic nitrogens is 3. The topological polar surface area (TPSA) is 147 Å². The number of ether oxygens (including phenoxy) is 1. The fraction of sp³-hybridized carbons (Fsp3) is 0.222. The van der Waals surface area contributed by atoms with Crippen LogP contribution in [0.25, 0.3) is 11.0 Å². The highest BCUT2D eigenvalue weighted by molar-refractivity contribution is 6.20. The number of carbonyl (C=O) groups excluding carboxylic acids is 4. The number of ketones is 1. The van der Waals surface area contributed by atoms with Crippen molar-refractivity contribution in [2.45, 2.75) is 25.5 Å². The molecule has 1 unspecified atom stereocenters. The van der Waals surface area contributed by atoms with Crippen LogP contribution in [-0.2, 0) is 14.3 Å². The van der Waals surface area contributed by atoms with Crippen molar-refractivity contribution in [3.05, 3.63) is 42.6 Å². The van der Waals surface area contributed by atoms with Crippen LogP contribution in [0.5, 0.6) is 0 Å². The van der Waals surface area contributed by atoms with Gasteiger partial charge in [-0.2, -0.15) is 0 Å². The molecular weight excluding hydrogens is 382 g/mol. The van der Waals surface area contributed by atoms with Crippen LogP contribution in [0.3, 0.4) is 0 Å². The van der Waals surface area contributed by atoms with Gasteiger partial charge in [0, 0.05) is 0 Å². The third-order valence-corrected chi connectivity index (χ3v) is 4.30. The molecule has 0 spiro atoms. The quantitative estimate of drug-likeness (QED) is 0.486. The number of cyclic esters (lactones) is 1. The van der Waals surface area contributed by atoms with Crippen molar-refractivity contribution >= 4 is 40.7 Å². The SMILES string of the molecule is CC1(C)OC(=O)N(C(C(=O)Nc2nc3ccccc3[nH]2)C(=O)c2ncco2)C1=O. The number of rotatable bonds is 5. The van der Waals surface area contributed by atoms with E-state index in [0.29, 0.717) is 15.9 Å². The molecule has 0 saturated carbocycles. The van der Waals surface area contributed by atoms with Gasteiger partial charge in [-0.15, -0.1) is 0 Å². The summed E-state index contributed by atoms with van der Waals surface area (Å²) in [5.41, 5.74) is -0.293. The Kier molecular flexibility index (Phi) is 4.14. The molecule has 3 amide bonds. The van der Waals surface area contributed by atoms with Crippen LogP contribution >= 0.6 is 0 Å². The van der Waals surface area contributed by atoms with E-state index in [1.54, 1.807) is 24.3 Å². The van der Waals surface area contributed by atoms with Gasteiger partial charge < -0.3 is 14.1 Å². The monoisotopic (exact) mass is 397 g/mol. The number of para-hydroxylation sites is 2. The van der Waals surface area contributed by atoms with Crippen molar-refractivity contribution in [2.24, 2.45) is 0 Å². The number of anilines is 1. The maximum absolute atomic E-state index is 13.0. The standard InChI is InChI=1S/C18H15N5O6/c1-18(2)15(26)23(17(27)29-18)11(12(24)14-19-7-8-28-14)13(25)22-16-20-9-5-3-4-6-10(9)21-16/h3-8,11H,1-2H3,(H2,20,21,22,25). The van der Waals surface area contributed by atoms with E-state index < -0.39 is 41.2 Å². The van der Waals surface area contributed by atoms with Crippen LogP contribution in [0, 0.1) is 0 Å². The van der Waals surface area contributed by atoms with E-state index in [0.717, 1.165) is 6.26 Å². The third kappa shape index (κ3) is 3.12. The highest BCUT2D eigenvalue weighted by Gasteiger charge is 2.54. The van der Waals surface area contributed by atoms with Gasteiger partial charge in [-0.3, -0.25) is 19.7 Å². The molecule has 1 aliphatic rings. The van der Waals surface area contributed by atoms with Crippen LogP contribution in [0.1, 0.15) is 24.5 Å². The summed E-state index contributed by atoms with van der Waals surface area (Å²) in [7, 11) is 0. The van der Waals surface area contributed by atoms with E-state index in [9.17, 15) is 19.2 Å². The van der Waals surface area contributed by atoms with Crippen molar-refractivity contribution in [3.63, 3.8) is 0 Å². The molecule has 11 heteroatoms. The number of imide groups is 1. The summed E-state index contributed by atoms with van der Waals surface area (Å²) in [4.78, 5) is 62.0. The predicted molar refractivity (Wildman–Crippen MR) is 96.8 cm³/mol. The normalized spacial score (nSPS) is 16.7. The zero-order valence-electron chi connectivity index (χ0n) is 15.3. The number of oxazole rings is 1. The number of H-pyrrole nitrogens is 1. The molecule has 0 aliphatic carbocycles. The lowest BCUT2D eigenvalue weighted by molar-refractivity contribution is -0.137. The first-order valence-electron chi connectivity index (χ1n) is 8.54. The first-order chi connectivity index (χ1) is 13.8. The van der Waals surface area contributed by atoms with Crippen LogP contribution in [0.15, 0.2) is 41.1 Å². The molecule has 0 radical (unpaired) electrons. The first kappa shape index (κ1) is 18.3. The molecule has 3 heterocycles. The number of imidazole rings is 1. The van der Waals surface area contributed by atoms with Gasteiger partial charge in [0.05, 0.1) is 17.2 Å². The number of nitrogens with one attached hydrogen (secondary N) is 2. The summed E-state index contributed by atoms with van der Waals surface area (Å²) in [6, 6.07) is 5.13. The van der Waals surface area contributed by atoms with E-state index in [4.69, 9.17) is 9.15 Å². The number of amides is 3. The van der Waals surface area contributed by atoms with Gasteiger partial charge in [0.1, 0.15) is 6.26 Å². The average molecular weight is 397 g/mol. The number of hydrogen-bond donors (Lipinski definition) is 2. The summed E-state index contributed by atoms with van der Waals surface area (Å²) in [6.45, 7) is 2.72. The highest BCUT2D eigenvalue weighted by atomic mass is 16.6. The molecule has 2 N–H and O–H groups in total. The number of hydrogen-bond acceptors (Lipinski definition) is 8. The third-order valence-electron chi connectivity index (χ3n) is 4.30. The molecule has 11 nitrogen and oxygen atoms in total. The Labute approximate surface area is 163 Å². The fourth-order valence-corrected chi connectivity index (χ4v) is 2.92. The molecule has 1 fully saturated rings. The number of carbonyl (C=O) groups is 4. The first-order valence-corrected chi connectivity index (χ1v) is 8.54. The van der Waals surface area contributed by atoms with Gasteiger partial charge in [0.2, 0.25) is 11.7 Å². The Balaban J connectivity index is 1.69. The number of Topliss-reactive ketones (excluding diaryl/α,β-unsaturated/α-hetero) is 1. The number of benzene rings is 1. The Morgan fingerprint density at radius 2 is 2.00 bits per heavy atom. The second kappa shape index (κ2) is 6.55. The van der Waals surface area contributed by atoms with Gasteiger partial charge in [-0.25, -0.2) is 19.7 Å².